The molecule has 0 saturated carbocycles. The summed E-state index contributed by atoms with van der Waals surface area (Å²) >= 11 is 1.61. The van der Waals surface area contributed by atoms with E-state index in [0.29, 0.717) is 6.54 Å². The Morgan fingerprint density at radius 1 is 1.35 bits per heavy atom. The number of nitrogens with one attached hydrogen (secondary N) is 1. The number of nitriles is 1. The van der Waals surface area contributed by atoms with Crippen LogP contribution in [-0.4, -0.2) is 34.7 Å². The van der Waals surface area contributed by atoms with Crippen molar-refractivity contribution in [2.24, 2.45) is 14.1 Å². The topological polar surface area (TPSA) is 83.1 Å². The number of nitrogens with zero attached hydrogens (tertiary/aromatic N) is 4. The second-order valence-corrected chi connectivity index (χ2v) is 6.24. The van der Waals surface area contributed by atoms with E-state index in [0.717, 1.165) is 10.1 Å². The van der Waals surface area contributed by atoms with Crippen LogP contribution in [0.1, 0.15) is 17.2 Å². The van der Waals surface area contributed by atoms with Gasteiger partial charge in [0.1, 0.15) is 11.9 Å². The fourth-order valence-corrected chi connectivity index (χ4v) is 3.12. The van der Waals surface area contributed by atoms with Gasteiger partial charge in [-0.3, -0.25) is 13.9 Å². The van der Waals surface area contributed by atoms with E-state index < -0.39 is 11.2 Å². The van der Waals surface area contributed by atoms with Crippen LogP contribution in [0, 0.1) is 11.3 Å². The lowest BCUT2D eigenvalue weighted by Gasteiger charge is -2.25. The lowest BCUT2D eigenvalue weighted by molar-refractivity contribution is 0.312. The third-order valence-electron chi connectivity index (χ3n) is 3.79. The number of aromatic nitrogens is 2. The van der Waals surface area contributed by atoms with Gasteiger partial charge in [-0.2, -0.15) is 16.6 Å². The van der Waals surface area contributed by atoms with E-state index in [1.165, 1.54) is 11.6 Å². The van der Waals surface area contributed by atoms with E-state index in [1.807, 2.05) is 36.5 Å². The van der Waals surface area contributed by atoms with Crippen LogP contribution in [0.25, 0.3) is 0 Å². The molecule has 0 fully saturated rings. The molecule has 122 valence electrons. The second-order valence-electron chi connectivity index (χ2n) is 5.46. The maximum absolute atomic E-state index is 12.1. The number of anilines is 1. The van der Waals surface area contributed by atoms with Crippen molar-refractivity contribution in [2.75, 3.05) is 26.0 Å². The Balaban J connectivity index is 2.39. The fraction of sp³-hybridized carbons (Fsp3) is 0.400. The standard InChI is InChI=1S/C15H19N5O2S/c1-18(2)12(10-5-6-23-9-10)8-17-13-11(7-16)14(21)20(4)15(22)19(13)3/h5-6,9,12,17H,8H2,1-4H3/t12-/m0/s1. The molecule has 0 radical (unpaired) electrons. The molecular weight excluding hydrogens is 314 g/mol. The molecule has 2 rings (SSSR count). The highest BCUT2D eigenvalue weighted by Crippen LogP contribution is 2.21. The molecule has 0 bridgehead atoms. The van der Waals surface area contributed by atoms with Gasteiger partial charge in [0.25, 0.3) is 5.56 Å². The summed E-state index contributed by atoms with van der Waals surface area (Å²) in [5.41, 5.74) is 0.0285. The minimum absolute atomic E-state index is 0.0579. The van der Waals surface area contributed by atoms with Crippen LogP contribution < -0.4 is 16.6 Å². The van der Waals surface area contributed by atoms with E-state index in [-0.39, 0.29) is 17.4 Å². The predicted molar refractivity (Wildman–Crippen MR) is 90.9 cm³/mol. The molecule has 0 unspecified atom stereocenters. The predicted octanol–water partition coefficient (Wildman–Crippen LogP) is 0.732. The minimum atomic E-state index is -0.588. The molecule has 0 amide bonds. The van der Waals surface area contributed by atoms with E-state index in [1.54, 1.807) is 18.4 Å². The normalized spacial score (nSPS) is 12.2. The number of likely N-dealkylation sites (N-methyl/N-ethyl adjacent to an activating group) is 1. The van der Waals surface area contributed by atoms with Crippen LogP contribution in [0.15, 0.2) is 26.4 Å². The highest BCUT2D eigenvalue weighted by Gasteiger charge is 2.19. The number of hydrogen-bond donors (Lipinski definition) is 1. The zero-order valence-corrected chi connectivity index (χ0v) is 14.3. The minimum Gasteiger partial charge on any atom is -0.368 e. The Morgan fingerprint density at radius 3 is 2.57 bits per heavy atom. The Labute approximate surface area is 138 Å². The van der Waals surface area contributed by atoms with Crippen molar-refractivity contribution < 1.29 is 0 Å². The molecule has 0 aliphatic heterocycles. The number of rotatable bonds is 5. The van der Waals surface area contributed by atoms with Crippen molar-refractivity contribution in [3.05, 3.63) is 48.8 Å². The van der Waals surface area contributed by atoms with E-state index in [9.17, 15) is 14.9 Å². The van der Waals surface area contributed by atoms with Gasteiger partial charge in [-0.1, -0.05) is 0 Å². The fourth-order valence-electron chi connectivity index (χ4n) is 2.41. The molecule has 2 heterocycles. The molecule has 0 aromatic carbocycles. The summed E-state index contributed by atoms with van der Waals surface area (Å²) < 4.78 is 2.23. The molecule has 1 atom stereocenters. The van der Waals surface area contributed by atoms with E-state index >= 15 is 0 Å². The highest BCUT2D eigenvalue weighted by molar-refractivity contribution is 7.07. The van der Waals surface area contributed by atoms with Crippen molar-refractivity contribution in [2.45, 2.75) is 6.04 Å². The van der Waals surface area contributed by atoms with Gasteiger partial charge >= 0.3 is 5.69 Å². The van der Waals surface area contributed by atoms with Gasteiger partial charge in [-0.15, -0.1) is 0 Å². The first-order valence-electron chi connectivity index (χ1n) is 7.01. The van der Waals surface area contributed by atoms with Crippen molar-refractivity contribution >= 4 is 17.2 Å². The Bertz CT molecular complexity index is 842. The zero-order valence-electron chi connectivity index (χ0n) is 13.5. The van der Waals surface area contributed by atoms with Crippen LogP contribution in [0.2, 0.25) is 0 Å². The summed E-state index contributed by atoms with van der Waals surface area (Å²) in [6, 6.07) is 3.99. The lowest BCUT2D eigenvalue weighted by Crippen LogP contribution is -2.40. The third-order valence-corrected chi connectivity index (χ3v) is 4.49. The molecule has 0 aliphatic rings. The first-order chi connectivity index (χ1) is 10.9. The van der Waals surface area contributed by atoms with Crippen LogP contribution >= 0.6 is 11.3 Å². The van der Waals surface area contributed by atoms with Gasteiger partial charge in [0.15, 0.2) is 5.56 Å². The van der Waals surface area contributed by atoms with Gasteiger partial charge in [0.2, 0.25) is 0 Å². The first-order valence-corrected chi connectivity index (χ1v) is 7.95. The quantitative estimate of drug-likeness (QED) is 0.872. The lowest BCUT2D eigenvalue weighted by atomic mass is 10.1. The monoisotopic (exact) mass is 333 g/mol. The zero-order chi connectivity index (χ0) is 17.1. The van der Waals surface area contributed by atoms with Crippen molar-refractivity contribution in [1.29, 1.82) is 5.26 Å². The second kappa shape index (κ2) is 6.81. The summed E-state index contributed by atoms with van der Waals surface area (Å²) in [6.45, 7) is 0.471. The third kappa shape index (κ3) is 3.21. The molecule has 0 spiro atoms. The van der Waals surface area contributed by atoms with Crippen LogP contribution in [0.5, 0.6) is 0 Å². The summed E-state index contributed by atoms with van der Waals surface area (Å²) in [6.07, 6.45) is 0. The molecule has 2 aromatic rings. The Kier molecular flexibility index (Phi) is 5.03. The Hall–Kier alpha value is -2.37. The van der Waals surface area contributed by atoms with Gasteiger partial charge in [0.05, 0.1) is 6.04 Å². The van der Waals surface area contributed by atoms with Gasteiger partial charge in [-0.25, -0.2) is 4.79 Å². The molecule has 23 heavy (non-hydrogen) atoms. The van der Waals surface area contributed by atoms with Gasteiger partial charge in [-0.05, 0) is 36.5 Å². The maximum atomic E-state index is 12.1. The maximum Gasteiger partial charge on any atom is 0.332 e. The average Bonchev–Trinajstić information content (AvgIpc) is 3.04. The Morgan fingerprint density at radius 2 is 2.04 bits per heavy atom. The van der Waals surface area contributed by atoms with Crippen molar-refractivity contribution in [1.82, 2.24) is 14.0 Å². The highest BCUT2D eigenvalue weighted by atomic mass is 32.1. The van der Waals surface area contributed by atoms with Crippen molar-refractivity contribution in [3.8, 4) is 6.07 Å². The summed E-state index contributed by atoms with van der Waals surface area (Å²) in [5, 5.41) is 16.4. The average molecular weight is 333 g/mol. The van der Waals surface area contributed by atoms with Crippen molar-refractivity contribution in [3.63, 3.8) is 0 Å². The van der Waals surface area contributed by atoms with Crippen LogP contribution in [-0.2, 0) is 14.1 Å². The molecular formula is C15H19N5O2S. The van der Waals surface area contributed by atoms with Gasteiger partial charge < -0.3 is 10.2 Å². The summed E-state index contributed by atoms with van der Waals surface area (Å²) in [7, 11) is 6.82. The number of thiophene rings is 1. The summed E-state index contributed by atoms with van der Waals surface area (Å²) in [5.74, 6) is 0.252. The smallest absolute Gasteiger partial charge is 0.332 e. The van der Waals surface area contributed by atoms with Gasteiger partial charge in [0, 0.05) is 20.6 Å². The number of hydrogen-bond acceptors (Lipinski definition) is 6. The molecule has 7 nitrogen and oxygen atoms in total. The molecule has 1 N–H and O–H groups in total. The van der Waals surface area contributed by atoms with Crippen LogP contribution in [0.3, 0.4) is 0 Å². The SMILES string of the molecule is CN(C)[C@@H](CNc1c(C#N)c(=O)n(C)c(=O)n1C)c1ccsc1. The molecule has 0 aliphatic carbocycles. The molecule has 2 aromatic heterocycles. The van der Waals surface area contributed by atoms with E-state index in [2.05, 4.69) is 10.7 Å². The largest absolute Gasteiger partial charge is 0.368 e. The first kappa shape index (κ1) is 17.0. The molecule has 0 saturated heterocycles. The molecule has 8 heteroatoms. The van der Waals surface area contributed by atoms with Crippen LogP contribution in [0.4, 0.5) is 5.82 Å². The summed E-state index contributed by atoms with van der Waals surface area (Å²) in [4.78, 5) is 26.2. The van der Waals surface area contributed by atoms with E-state index in [4.69, 9.17) is 0 Å².